The lowest BCUT2D eigenvalue weighted by Gasteiger charge is -2.36. The molecule has 2 rings (SSSR count). The van der Waals surface area contributed by atoms with Gasteiger partial charge in [0.15, 0.2) is 0 Å². The Bertz CT molecular complexity index is 473. The minimum absolute atomic E-state index is 0.123. The van der Waals surface area contributed by atoms with Crippen LogP contribution in [0.4, 0.5) is 5.69 Å². The van der Waals surface area contributed by atoms with E-state index in [0.29, 0.717) is 42.3 Å². The average Bonchev–Trinajstić information content (AvgIpc) is 2.42. The number of nitrogens with two attached hydrogens (primary N) is 1. The van der Waals surface area contributed by atoms with Gasteiger partial charge in [0, 0.05) is 18.9 Å². The minimum atomic E-state index is -0.636. The standard InChI is InChI=1S/C13H17ClN2O3/c14-11-2-1-9(15)7-10(11)12(18)16-13(8-17)3-5-19-6-4-13/h1-2,7,17H,3-6,8,15H2,(H,16,18). The van der Waals surface area contributed by atoms with Crippen LogP contribution in [0, 0.1) is 0 Å². The minimum Gasteiger partial charge on any atom is -0.399 e. The molecule has 0 radical (unpaired) electrons. The summed E-state index contributed by atoms with van der Waals surface area (Å²) in [6, 6.07) is 4.75. The van der Waals surface area contributed by atoms with Crippen LogP contribution in [-0.2, 0) is 4.74 Å². The maximum Gasteiger partial charge on any atom is 0.253 e. The normalized spacial score (nSPS) is 18.0. The summed E-state index contributed by atoms with van der Waals surface area (Å²) in [5.41, 5.74) is 5.81. The van der Waals surface area contributed by atoms with Crippen LogP contribution in [0.25, 0.3) is 0 Å². The Labute approximate surface area is 116 Å². The molecule has 0 atom stereocenters. The summed E-state index contributed by atoms with van der Waals surface area (Å²) in [6.45, 7) is 0.916. The molecule has 0 aromatic heterocycles. The number of nitrogen functional groups attached to an aromatic ring is 1. The van der Waals surface area contributed by atoms with E-state index in [9.17, 15) is 9.90 Å². The zero-order valence-corrected chi connectivity index (χ0v) is 11.2. The Hall–Kier alpha value is -1.30. The molecule has 0 saturated carbocycles. The summed E-state index contributed by atoms with van der Waals surface area (Å²) in [6.07, 6.45) is 1.16. The summed E-state index contributed by atoms with van der Waals surface area (Å²) in [4.78, 5) is 12.2. The van der Waals surface area contributed by atoms with Gasteiger partial charge in [-0.05, 0) is 31.0 Å². The van der Waals surface area contributed by atoms with Crippen molar-refractivity contribution in [2.24, 2.45) is 0 Å². The lowest BCUT2D eigenvalue weighted by molar-refractivity contribution is 0.0125. The number of amides is 1. The molecular weight excluding hydrogens is 268 g/mol. The molecule has 6 heteroatoms. The van der Waals surface area contributed by atoms with Crippen molar-refractivity contribution in [2.45, 2.75) is 18.4 Å². The molecule has 0 spiro atoms. The molecule has 5 nitrogen and oxygen atoms in total. The smallest absolute Gasteiger partial charge is 0.253 e. The number of carbonyl (C=O) groups excluding carboxylic acids is 1. The third kappa shape index (κ3) is 3.18. The highest BCUT2D eigenvalue weighted by Crippen LogP contribution is 2.23. The van der Waals surface area contributed by atoms with Crippen LogP contribution >= 0.6 is 11.6 Å². The van der Waals surface area contributed by atoms with Gasteiger partial charge in [0.1, 0.15) is 0 Å². The molecule has 1 fully saturated rings. The van der Waals surface area contributed by atoms with Crippen molar-refractivity contribution in [3.63, 3.8) is 0 Å². The highest BCUT2D eigenvalue weighted by molar-refractivity contribution is 6.34. The van der Waals surface area contributed by atoms with E-state index in [0.717, 1.165) is 0 Å². The molecule has 1 saturated heterocycles. The molecule has 1 heterocycles. The number of hydrogen-bond acceptors (Lipinski definition) is 4. The number of rotatable bonds is 3. The molecule has 1 aliphatic rings. The number of nitrogens with one attached hydrogen (secondary N) is 1. The first-order chi connectivity index (χ1) is 9.06. The van der Waals surface area contributed by atoms with Gasteiger partial charge >= 0.3 is 0 Å². The first-order valence-electron chi connectivity index (χ1n) is 6.12. The topological polar surface area (TPSA) is 84.6 Å². The fourth-order valence-electron chi connectivity index (χ4n) is 2.11. The number of ether oxygens (including phenoxy) is 1. The quantitative estimate of drug-likeness (QED) is 0.728. The van der Waals surface area contributed by atoms with E-state index in [1.165, 1.54) is 6.07 Å². The highest BCUT2D eigenvalue weighted by atomic mass is 35.5. The van der Waals surface area contributed by atoms with Crippen LogP contribution in [0.5, 0.6) is 0 Å². The molecule has 104 valence electrons. The monoisotopic (exact) mass is 284 g/mol. The largest absolute Gasteiger partial charge is 0.399 e. The van der Waals surface area contributed by atoms with Crippen molar-refractivity contribution in [3.05, 3.63) is 28.8 Å². The Morgan fingerprint density at radius 1 is 1.47 bits per heavy atom. The first-order valence-corrected chi connectivity index (χ1v) is 6.50. The number of benzene rings is 1. The lowest BCUT2D eigenvalue weighted by Crippen LogP contribution is -2.54. The third-order valence-corrected chi connectivity index (χ3v) is 3.70. The first kappa shape index (κ1) is 14.1. The van der Waals surface area contributed by atoms with Crippen LogP contribution < -0.4 is 11.1 Å². The molecule has 1 aliphatic heterocycles. The van der Waals surface area contributed by atoms with Gasteiger partial charge in [-0.1, -0.05) is 11.6 Å². The van der Waals surface area contributed by atoms with Crippen molar-refractivity contribution in [1.29, 1.82) is 0 Å². The Kier molecular flexibility index (Phi) is 4.29. The van der Waals surface area contributed by atoms with E-state index >= 15 is 0 Å². The van der Waals surface area contributed by atoms with Crippen LogP contribution in [0.1, 0.15) is 23.2 Å². The maximum absolute atomic E-state index is 12.2. The number of anilines is 1. The molecule has 1 aromatic rings. The number of hydrogen-bond donors (Lipinski definition) is 3. The molecule has 19 heavy (non-hydrogen) atoms. The predicted molar refractivity (Wildman–Crippen MR) is 73.2 cm³/mol. The zero-order valence-electron chi connectivity index (χ0n) is 10.5. The highest BCUT2D eigenvalue weighted by Gasteiger charge is 2.34. The van der Waals surface area contributed by atoms with Gasteiger partial charge < -0.3 is 20.9 Å². The van der Waals surface area contributed by atoms with Crippen molar-refractivity contribution in [3.8, 4) is 0 Å². The summed E-state index contributed by atoms with van der Waals surface area (Å²) in [5, 5.41) is 12.7. The fourth-order valence-corrected chi connectivity index (χ4v) is 2.31. The van der Waals surface area contributed by atoms with Gasteiger partial charge in [-0.25, -0.2) is 0 Å². The van der Waals surface area contributed by atoms with Crippen molar-refractivity contribution < 1.29 is 14.6 Å². The summed E-state index contributed by atoms with van der Waals surface area (Å²) in [5.74, 6) is -0.326. The molecular formula is C13H17ClN2O3. The van der Waals surface area contributed by atoms with Crippen molar-refractivity contribution in [1.82, 2.24) is 5.32 Å². The molecule has 0 unspecified atom stereocenters. The molecule has 1 aromatic carbocycles. The van der Waals surface area contributed by atoms with Crippen LogP contribution in [-0.4, -0.2) is 36.4 Å². The van der Waals surface area contributed by atoms with Crippen molar-refractivity contribution >= 4 is 23.2 Å². The van der Waals surface area contributed by atoms with Gasteiger partial charge in [0.2, 0.25) is 0 Å². The van der Waals surface area contributed by atoms with Gasteiger partial charge in [-0.15, -0.1) is 0 Å². The summed E-state index contributed by atoms with van der Waals surface area (Å²) in [7, 11) is 0. The molecule has 0 bridgehead atoms. The number of halogens is 1. The van der Waals surface area contributed by atoms with Crippen LogP contribution in [0.3, 0.4) is 0 Å². The second-order valence-electron chi connectivity index (χ2n) is 4.74. The van der Waals surface area contributed by atoms with E-state index in [-0.39, 0.29) is 12.5 Å². The van der Waals surface area contributed by atoms with E-state index in [1.54, 1.807) is 12.1 Å². The Morgan fingerprint density at radius 2 is 2.16 bits per heavy atom. The third-order valence-electron chi connectivity index (χ3n) is 3.37. The van der Waals surface area contributed by atoms with E-state index < -0.39 is 5.54 Å². The van der Waals surface area contributed by atoms with E-state index in [4.69, 9.17) is 22.1 Å². The summed E-state index contributed by atoms with van der Waals surface area (Å²) >= 11 is 5.99. The molecule has 4 N–H and O–H groups in total. The van der Waals surface area contributed by atoms with Crippen LogP contribution in [0.15, 0.2) is 18.2 Å². The lowest BCUT2D eigenvalue weighted by atomic mass is 9.90. The predicted octanol–water partition coefficient (Wildman–Crippen LogP) is 1.19. The Balaban J connectivity index is 2.17. The number of aliphatic hydroxyl groups is 1. The Morgan fingerprint density at radius 3 is 2.79 bits per heavy atom. The van der Waals surface area contributed by atoms with E-state index in [2.05, 4.69) is 5.32 Å². The molecule has 1 amide bonds. The average molecular weight is 285 g/mol. The van der Waals surface area contributed by atoms with Gasteiger partial charge in [0.25, 0.3) is 5.91 Å². The van der Waals surface area contributed by atoms with E-state index in [1.807, 2.05) is 0 Å². The van der Waals surface area contributed by atoms with Gasteiger partial charge in [-0.2, -0.15) is 0 Å². The second kappa shape index (κ2) is 5.77. The summed E-state index contributed by atoms with van der Waals surface area (Å²) < 4.78 is 5.25. The number of carbonyl (C=O) groups is 1. The second-order valence-corrected chi connectivity index (χ2v) is 5.15. The van der Waals surface area contributed by atoms with Crippen LogP contribution in [0.2, 0.25) is 5.02 Å². The molecule has 0 aliphatic carbocycles. The van der Waals surface area contributed by atoms with Gasteiger partial charge in [-0.3, -0.25) is 4.79 Å². The SMILES string of the molecule is Nc1ccc(Cl)c(C(=O)NC2(CO)CCOCC2)c1. The maximum atomic E-state index is 12.2. The number of aliphatic hydroxyl groups excluding tert-OH is 1. The fraction of sp³-hybridized carbons (Fsp3) is 0.462. The zero-order chi connectivity index (χ0) is 13.9. The van der Waals surface area contributed by atoms with Crippen molar-refractivity contribution in [2.75, 3.05) is 25.6 Å². The van der Waals surface area contributed by atoms with Gasteiger partial charge in [0.05, 0.1) is 22.7 Å².